The molecule has 0 fully saturated rings. The molecule has 0 bridgehead atoms. The Morgan fingerprint density at radius 1 is 1.10 bits per heavy atom. The van der Waals surface area contributed by atoms with Crippen molar-refractivity contribution in [2.75, 3.05) is 20.7 Å². The summed E-state index contributed by atoms with van der Waals surface area (Å²) in [6.45, 7) is 7.46. The number of benzene rings is 2. The van der Waals surface area contributed by atoms with Crippen molar-refractivity contribution in [2.45, 2.75) is 32.4 Å². The summed E-state index contributed by atoms with van der Waals surface area (Å²) in [6.07, 6.45) is 3.20. The molecular weight excluding hydrogens is 538 g/mol. The minimum Gasteiger partial charge on any atom is -0.450 e. The Hall–Kier alpha value is -4.16. The Bertz CT molecular complexity index is 1560. The lowest BCUT2D eigenvalue weighted by Crippen LogP contribution is -2.22. The minimum absolute atomic E-state index is 0.0552. The third-order valence-corrected chi connectivity index (χ3v) is 7.91. The molecule has 0 saturated heterocycles. The molecule has 0 radical (unpaired) electrons. The summed E-state index contributed by atoms with van der Waals surface area (Å²) >= 11 is 0. The van der Waals surface area contributed by atoms with Crippen molar-refractivity contribution in [1.82, 2.24) is 14.5 Å². The van der Waals surface area contributed by atoms with Gasteiger partial charge in [-0.25, -0.2) is 13.8 Å². The first-order chi connectivity index (χ1) is 18.9. The fourth-order valence-electron chi connectivity index (χ4n) is 4.12. The van der Waals surface area contributed by atoms with Gasteiger partial charge in [-0.2, -0.15) is 0 Å². The molecule has 40 heavy (non-hydrogen) atoms. The zero-order chi connectivity index (χ0) is 29.2. The van der Waals surface area contributed by atoms with Crippen LogP contribution in [0.4, 0.5) is 14.5 Å². The second kappa shape index (κ2) is 11.5. The van der Waals surface area contributed by atoms with E-state index in [2.05, 4.69) is 24.6 Å². The minimum atomic E-state index is -1.33. The number of nitrogens with zero attached hydrogens (tertiary/aromatic N) is 4. The Kier molecular flexibility index (Phi) is 8.31. The van der Waals surface area contributed by atoms with Crippen molar-refractivity contribution in [3.8, 4) is 22.6 Å². The lowest BCUT2D eigenvalue weighted by atomic mass is 9.98. The number of halogens is 2. The summed E-state index contributed by atoms with van der Waals surface area (Å²) in [7, 11) is 1.96. The summed E-state index contributed by atoms with van der Waals surface area (Å²) in [5.74, 6) is -3.42. The average Bonchev–Trinajstić information content (AvgIpc) is 3.26. The van der Waals surface area contributed by atoms with E-state index >= 15 is 0 Å². The number of carbonyl (C=O) groups is 1. The molecule has 1 amide bonds. The molecule has 9 nitrogen and oxygen atoms in total. The largest absolute Gasteiger partial charge is 0.450 e. The van der Waals surface area contributed by atoms with E-state index in [0.29, 0.717) is 46.5 Å². The highest BCUT2D eigenvalue weighted by atomic mass is 28.3. The van der Waals surface area contributed by atoms with Crippen LogP contribution in [0.1, 0.15) is 10.4 Å². The third kappa shape index (κ3) is 6.18. The fraction of sp³-hybridized carbons (Fsp3) is 0.286. The van der Waals surface area contributed by atoms with Gasteiger partial charge in [-0.3, -0.25) is 14.9 Å². The van der Waals surface area contributed by atoms with Crippen LogP contribution in [-0.2, 0) is 11.5 Å². The van der Waals surface area contributed by atoms with Gasteiger partial charge in [0.2, 0.25) is 0 Å². The predicted molar refractivity (Wildman–Crippen MR) is 150 cm³/mol. The second-order valence-electron chi connectivity index (χ2n) is 10.7. The standard InChI is InChI=1S/C28H30F2N4O5Si/c1-32(2)28(35)20-9-7-6-8-19(20)21-16-33(17-38-12-13-40(3,4)5)27-25(21)24(10-11-31-27)39-26-22(29)14-18(34(36)37)15-23(26)30/h6-11,14-16H,12-13,17H2,1-5H3. The molecule has 0 unspecified atom stereocenters. The predicted octanol–water partition coefficient (Wildman–Crippen LogP) is 6.70. The second-order valence-corrected chi connectivity index (χ2v) is 16.3. The molecule has 0 saturated carbocycles. The first-order valence-electron chi connectivity index (χ1n) is 12.6. The van der Waals surface area contributed by atoms with Gasteiger partial charge >= 0.3 is 0 Å². The monoisotopic (exact) mass is 568 g/mol. The Morgan fingerprint density at radius 2 is 1.77 bits per heavy atom. The average molecular weight is 569 g/mol. The maximum atomic E-state index is 14.8. The van der Waals surface area contributed by atoms with Crippen LogP contribution in [0.3, 0.4) is 0 Å². The van der Waals surface area contributed by atoms with E-state index in [1.165, 1.54) is 17.2 Å². The lowest BCUT2D eigenvalue weighted by molar-refractivity contribution is -0.385. The van der Waals surface area contributed by atoms with Gasteiger partial charge in [-0.1, -0.05) is 37.8 Å². The van der Waals surface area contributed by atoms with Gasteiger partial charge in [0.05, 0.1) is 22.4 Å². The highest BCUT2D eigenvalue weighted by Crippen LogP contribution is 2.41. The number of fused-ring (bicyclic) bond motifs is 1. The van der Waals surface area contributed by atoms with Crippen molar-refractivity contribution in [2.24, 2.45) is 0 Å². The number of nitro benzene ring substituents is 1. The Labute approximate surface area is 231 Å². The number of hydrogen-bond donors (Lipinski definition) is 0. The molecule has 2 aromatic heterocycles. The van der Waals surface area contributed by atoms with E-state index in [4.69, 9.17) is 9.47 Å². The van der Waals surface area contributed by atoms with Gasteiger partial charge in [0.25, 0.3) is 11.6 Å². The summed E-state index contributed by atoms with van der Waals surface area (Å²) in [5.41, 5.74) is 1.19. The highest BCUT2D eigenvalue weighted by Gasteiger charge is 2.24. The smallest absolute Gasteiger partial charge is 0.275 e. The topological polar surface area (TPSA) is 99.7 Å². The van der Waals surface area contributed by atoms with Crippen LogP contribution >= 0.6 is 0 Å². The SMILES string of the molecule is CN(C)C(=O)c1ccccc1-c1cn(COCC[Si](C)(C)C)c2nccc(Oc3c(F)cc([N+](=O)[O-])cc3F)c12. The number of non-ortho nitro benzene ring substituents is 1. The van der Waals surface area contributed by atoms with E-state index in [9.17, 15) is 23.7 Å². The molecule has 4 rings (SSSR count). The van der Waals surface area contributed by atoms with E-state index in [-0.39, 0.29) is 18.4 Å². The van der Waals surface area contributed by atoms with E-state index in [1.54, 1.807) is 49.1 Å². The molecular formula is C28H30F2N4O5Si. The van der Waals surface area contributed by atoms with Crippen molar-refractivity contribution < 1.29 is 28.0 Å². The number of hydrogen-bond acceptors (Lipinski definition) is 6. The third-order valence-electron chi connectivity index (χ3n) is 6.21. The van der Waals surface area contributed by atoms with E-state index in [1.807, 2.05) is 0 Å². The maximum Gasteiger partial charge on any atom is 0.275 e. The highest BCUT2D eigenvalue weighted by molar-refractivity contribution is 6.76. The number of amides is 1. The zero-order valence-corrected chi connectivity index (χ0v) is 23.9. The molecule has 2 aromatic carbocycles. The van der Waals surface area contributed by atoms with Crippen LogP contribution in [0.25, 0.3) is 22.2 Å². The van der Waals surface area contributed by atoms with Crippen molar-refractivity contribution in [3.05, 3.63) is 82.2 Å². The van der Waals surface area contributed by atoms with Crippen LogP contribution in [0, 0.1) is 21.7 Å². The number of carbonyl (C=O) groups excluding carboxylic acids is 1. The summed E-state index contributed by atoms with van der Waals surface area (Å²) < 4.78 is 43.0. The van der Waals surface area contributed by atoms with Crippen LogP contribution in [0.5, 0.6) is 11.5 Å². The first kappa shape index (κ1) is 28.8. The van der Waals surface area contributed by atoms with Crippen molar-refractivity contribution >= 4 is 30.7 Å². The Morgan fingerprint density at radius 3 is 2.40 bits per heavy atom. The molecule has 0 aliphatic carbocycles. The van der Waals surface area contributed by atoms with Crippen molar-refractivity contribution in [3.63, 3.8) is 0 Å². The molecule has 0 N–H and O–H groups in total. The van der Waals surface area contributed by atoms with Crippen molar-refractivity contribution in [1.29, 1.82) is 0 Å². The first-order valence-corrected chi connectivity index (χ1v) is 16.3. The normalized spacial score (nSPS) is 11.6. The zero-order valence-electron chi connectivity index (χ0n) is 22.9. The van der Waals surface area contributed by atoms with Gasteiger partial charge in [0.15, 0.2) is 17.4 Å². The van der Waals surface area contributed by atoms with Gasteiger partial charge in [0.1, 0.15) is 18.1 Å². The fourth-order valence-corrected chi connectivity index (χ4v) is 4.88. The summed E-state index contributed by atoms with van der Waals surface area (Å²) in [6, 6.07) is 10.6. The molecule has 0 aliphatic rings. The van der Waals surface area contributed by atoms with Crippen LogP contribution in [0.2, 0.25) is 25.7 Å². The lowest BCUT2D eigenvalue weighted by Gasteiger charge is -2.15. The molecule has 4 aromatic rings. The van der Waals surface area contributed by atoms with E-state index < -0.39 is 36.1 Å². The van der Waals surface area contributed by atoms with Gasteiger partial charge < -0.3 is 18.9 Å². The van der Waals surface area contributed by atoms with Gasteiger partial charge in [-0.15, -0.1) is 0 Å². The van der Waals surface area contributed by atoms with Gasteiger partial charge in [-0.05, 0) is 23.7 Å². The number of aromatic nitrogens is 2. The van der Waals surface area contributed by atoms with E-state index in [0.717, 1.165) is 6.04 Å². The molecule has 0 atom stereocenters. The van der Waals surface area contributed by atoms with Crippen LogP contribution in [0.15, 0.2) is 54.9 Å². The molecule has 0 aliphatic heterocycles. The molecule has 0 spiro atoms. The summed E-state index contributed by atoms with van der Waals surface area (Å²) in [5, 5.41) is 11.4. The number of ether oxygens (including phenoxy) is 2. The number of rotatable bonds is 10. The van der Waals surface area contributed by atoms with Gasteiger partial charge in [0, 0.05) is 52.3 Å². The Balaban J connectivity index is 1.87. The quantitative estimate of drug-likeness (QED) is 0.0914. The number of pyridine rings is 1. The molecule has 12 heteroatoms. The number of nitro groups is 1. The summed E-state index contributed by atoms with van der Waals surface area (Å²) in [4.78, 5) is 29.1. The van der Waals surface area contributed by atoms with Crippen LogP contribution in [-0.4, -0.2) is 54.1 Å². The maximum absolute atomic E-state index is 14.8. The van der Waals surface area contributed by atoms with Crippen LogP contribution < -0.4 is 4.74 Å². The molecule has 2 heterocycles. The molecule has 210 valence electrons.